The lowest BCUT2D eigenvalue weighted by atomic mass is 9.74. The lowest BCUT2D eigenvalue weighted by Crippen LogP contribution is -2.45. The zero-order chi connectivity index (χ0) is 16.4. The summed E-state index contributed by atoms with van der Waals surface area (Å²) in [5.74, 6) is 1.58. The first-order valence-electron chi connectivity index (χ1n) is 9.64. The average Bonchev–Trinajstić information content (AvgIpc) is 2.88. The molecule has 4 atom stereocenters. The monoisotopic (exact) mass is 319 g/mol. The first-order valence-corrected chi connectivity index (χ1v) is 9.64. The van der Waals surface area contributed by atoms with Gasteiger partial charge in [0.25, 0.3) is 0 Å². The molecule has 4 rings (SSSR count). The summed E-state index contributed by atoms with van der Waals surface area (Å²) in [6, 6.07) is 23.9. The van der Waals surface area contributed by atoms with Gasteiger partial charge in [0.05, 0.1) is 0 Å². The molecule has 2 bridgehead atoms. The van der Waals surface area contributed by atoms with Gasteiger partial charge in [0.1, 0.15) is 0 Å². The highest BCUT2D eigenvalue weighted by molar-refractivity contribution is 5.23. The minimum absolute atomic E-state index is 0.760. The minimum Gasteiger partial charge on any atom is -0.300 e. The summed E-state index contributed by atoms with van der Waals surface area (Å²) in [4.78, 5) is 2.70. The lowest BCUT2D eigenvalue weighted by Gasteiger charge is -2.43. The molecule has 2 aromatic carbocycles. The van der Waals surface area contributed by atoms with E-state index in [1.807, 2.05) is 0 Å². The van der Waals surface area contributed by atoms with Gasteiger partial charge in [-0.15, -0.1) is 0 Å². The molecule has 2 unspecified atom stereocenters. The number of rotatable bonds is 5. The van der Waals surface area contributed by atoms with Crippen LogP contribution in [0.2, 0.25) is 0 Å². The van der Waals surface area contributed by atoms with Crippen molar-refractivity contribution in [1.29, 1.82) is 0 Å². The van der Waals surface area contributed by atoms with Crippen LogP contribution in [0, 0.1) is 5.92 Å². The van der Waals surface area contributed by atoms with E-state index in [0.717, 1.165) is 23.9 Å². The van der Waals surface area contributed by atoms with Crippen molar-refractivity contribution >= 4 is 0 Å². The molecule has 24 heavy (non-hydrogen) atoms. The van der Waals surface area contributed by atoms with Crippen LogP contribution in [0.3, 0.4) is 0 Å². The summed E-state index contributed by atoms with van der Waals surface area (Å²) in [5, 5.41) is 0. The molecule has 1 nitrogen and oxygen atoms in total. The van der Waals surface area contributed by atoms with E-state index in [1.54, 1.807) is 5.56 Å². The van der Waals surface area contributed by atoms with Crippen LogP contribution < -0.4 is 0 Å². The number of nitrogens with zero attached hydrogens (tertiary/aromatic N) is 1. The lowest BCUT2D eigenvalue weighted by molar-refractivity contribution is 0.0933. The zero-order valence-electron chi connectivity index (χ0n) is 14.8. The first-order chi connectivity index (χ1) is 11.8. The Morgan fingerprint density at radius 2 is 1.62 bits per heavy atom. The first kappa shape index (κ1) is 15.9. The van der Waals surface area contributed by atoms with Gasteiger partial charge in [-0.25, -0.2) is 0 Å². The molecule has 126 valence electrons. The second kappa shape index (κ2) is 7.11. The predicted octanol–water partition coefficient (Wildman–Crippen LogP) is 5.28. The molecule has 0 spiro atoms. The molecule has 1 heteroatoms. The molecule has 2 aliphatic rings. The molecular formula is C23H29N. The van der Waals surface area contributed by atoms with Crippen LogP contribution in [0.15, 0.2) is 60.7 Å². The van der Waals surface area contributed by atoms with E-state index in [-0.39, 0.29) is 0 Å². The third-order valence-corrected chi connectivity index (χ3v) is 6.51. The normalized spacial score (nSPS) is 29.7. The van der Waals surface area contributed by atoms with Gasteiger partial charge in [0.15, 0.2) is 0 Å². The van der Waals surface area contributed by atoms with Crippen molar-refractivity contribution in [2.24, 2.45) is 5.92 Å². The van der Waals surface area contributed by atoms with E-state index in [1.165, 1.54) is 44.1 Å². The minimum atomic E-state index is 0.760. The van der Waals surface area contributed by atoms with Crippen molar-refractivity contribution in [3.63, 3.8) is 0 Å². The summed E-state index contributed by atoms with van der Waals surface area (Å²) < 4.78 is 0. The van der Waals surface area contributed by atoms with Gasteiger partial charge < -0.3 is 4.90 Å². The Morgan fingerprint density at radius 3 is 2.38 bits per heavy atom. The standard InChI is InChI=1S/C23H29N/c1-24-20-15-16-23(24)21(14-8-11-18-9-4-2-5-10-18)22(17-20)19-12-6-3-7-13-19/h2-7,9-10,12-13,20-23H,8,11,14-17H2,1H3/t20-,21?,22?,23+/m0/s1. The molecule has 2 aliphatic heterocycles. The second-order valence-electron chi connectivity index (χ2n) is 7.76. The Labute approximate surface area is 146 Å². The van der Waals surface area contributed by atoms with E-state index in [4.69, 9.17) is 0 Å². The second-order valence-corrected chi connectivity index (χ2v) is 7.76. The van der Waals surface area contributed by atoms with Gasteiger partial charge in [-0.2, -0.15) is 0 Å². The van der Waals surface area contributed by atoms with Crippen molar-refractivity contribution in [3.05, 3.63) is 71.8 Å². The Balaban J connectivity index is 1.48. The maximum Gasteiger partial charge on any atom is 0.0130 e. The average molecular weight is 319 g/mol. The maximum atomic E-state index is 2.70. The molecule has 0 saturated carbocycles. The molecule has 2 heterocycles. The van der Waals surface area contributed by atoms with Gasteiger partial charge in [0, 0.05) is 12.1 Å². The summed E-state index contributed by atoms with van der Waals surface area (Å²) in [5.41, 5.74) is 3.06. The Bertz CT molecular complexity index is 636. The molecule has 0 radical (unpaired) electrons. The van der Waals surface area contributed by atoms with Crippen LogP contribution in [0.25, 0.3) is 0 Å². The highest BCUT2D eigenvalue weighted by Gasteiger charge is 2.45. The van der Waals surface area contributed by atoms with Crippen LogP contribution in [0.4, 0.5) is 0 Å². The molecule has 0 aliphatic carbocycles. The van der Waals surface area contributed by atoms with Crippen molar-refractivity contribution in [2.75, 3.05) is 7.05 Å². The highest BCUT2D eigenvalue weighted by Crippen LogP contribution is 2.47. The zero-order valence-corrected chi connectivity index (χ0v) is 14.8. The van der Waals surface area contributed by atoms with Gasteiger partial charge in [-0.3, -0.25) is 0 Å². The number of fused-ring (bicyclic) bond motifs is 2. The largest absolute Gasteiger partial charge is 0.300 e. The summed E-state index contributed by atoms with van der Waals surface area (Å²) in [6.07, 6.45) is 8.05. The molecule has 2 aromatic rings. The summed E-state index contributed by atoms with van der Waals surface area (Å²) in [6.45, 7) is 0. The highest BCUT2D eigenvalue weighted by atomic mass is 15.2. The number of hydrogen-bond acceptors (Lipinski definition) is 1. The SMILES string of the molecule is CN1[C@H]2CC[C@@H]1C(CCCc1ccccc1)C(c1ccccc1)C2. The number of hydrogen-bond donors (Lipinski definition) is 0. The summed E-state index contributed by atoms with van der Waals surface area (Å²) >= 11 is 0. The van der Waals surface area contributed by atoms with E-state index < -0.39 is 0 Å². The fourth-order valence-corrected chi connectivity index (χ4v) is 5.24. The fourth-order valence-electron chi connectivity index (χ4n) is 5.24. The molecule has 0 aromatic heterocycles. The van der Waals surface area contributed by atoms with E-state index in [2.05, 4.69) is 72.6 Å². The third kappa shape index (κ3) is 3.15. The van der Waals surface area contributed by atoms with Crippen LogP contribution in [-0.4, -0.2) is 24.0 Å². The molecule has 0 N–H and O–H groups in total. The van der Waals surface area contributed by atoms with Gasteiger partial charge in [-0.1, -0.05) is 60.7 Å². The van der Waals surface area contributed by atoms with Gasteiger partial charge >= 0.3 is 0 Å². The number of benzene rings is 2. The molecule has 0 amide bonds. The molecule has 2 fully saturated rings. The predicted molar refractivity (Wildman–Crippen MR) is 101 cm³/mol. The topological polar surface area (TPSA) is 3.24 Å². The number of aryl methyl sites for hydroxylation is 1. The van der Waals surface area contributed by atoms with Crippen molar-refractivity contribution < 1.29 is 0 Å². The van der Waals surface area contributed by atoms with E-state index >= 15 is 0 Å². The Morgan fingerprint density at radius 1 is 0.917 bits per heavy atom. The maximum absolute atomic E-state index is 2.70. The third-order valence-electron chi connectivity index (χ3n) is 6.51. The van der Waals surface area contributed by atoms with Crippen molar-refractivity contribution in [3.8, 4) is 0 Å². The van der Waals surface area contributed by atoms with Crippen molar-refractivity contribution in [2.45, 2.75) is 56.5 Å². The van der Waals surface area contributed by atoms with Gasteiger partial charge in [-0.05, 0) is 68.5 Å². The quantitative estimate of drug-likeness (QED) is 0.725. The van der Waals surface area contributed by atoms with E-state index in [9.17, 15) is 0 Å². The van der Waals surface area contributed by atoms with Crippen LogP contribution >= 0.6 is 0 Å². The van der Waals surface area contributed by atoms with Crippen LogP contribution in [0.5, 0.6) is 0 Å². The molecule has 2 saturated heterocycles. The Hall–Kier alpha value is -1.60. The van der Waals surface area contributed by atoms with Crippen LogP contribution in [-0.2, 0) is 6.42 Å². The summed E-state index contributed by atoms with van der Waals surface area (Å²) in [7, 11) is 2.37. The fraction of sp³-hybridized carbons (Fsp3) is 0.478. The van der Waals surface area contributed by atoms with E-state index in [0.29, 0.717) is 0 Å². The Kier molecular flexibility index (Phi) is 4.71. The number of piperidine rings is 1. The van der Waals surface area contributed by atoms with Crippen molar-refractivity contribution in [1.82, 2.24) is 4.90 Å². The smallest absolute Gasteiger partial charge is 0.0130 e. The molecular weight excluding hydrogens is 290 g/mol. The van der Waals surface area contributed by atoms with Crippen LogP contribution in [0.1, 0.15) is 49.1 Å². The van der Waals surface area contributed by atoms with Gasteiger partial charge in [0.2, 0.25) is 0 Å².